The van der Waals surface area contributed by atoms with Crippen molar-refractivity contribution in [3.63, 3.8) is 0 Å². The zero-order valence-electron chi connectivity index (χ0n) is 15.5. The van der Waals surface area contributed by atoms with Gasteiger partial charge in [0.1, 0.15) is 12.6 Å². The minimum Gasteiger partial charge on any atom is -0.340 e. The lowest BCUT2D eigenvalue weighted by molar-refractivity contribution is -0.145. The molecule has 0 unspecified atom stereocenters. The van der Waals surface area contributed by atoms with Crippen molar-refractivity contribution in [2.75, 3.05) is 13.6 Å². The van der Waals surface area contributed by atoms with Crippen LogP contribution < -0.4 is 0 Å². The fourth-order valence-electron chi connectivity index (χ4n) is 3.24. The van der Waals surface area contributed by atoms with Gasteiger partial charge in [0.25, 0.3) is 0 Å². The maximum absolute atomic E-state index is 12.9. The highest BCUT2D eigenvalue weighted by atomic mass is 16.2. The van der Waals surface area contributed by atoms with Gasteiger partial charge in [0, 0.05) is 13.6 Å². The van der Waals surface area contributed by atoms with Crippen molar-refractivity contribution in [3.8, 4) is 0 Å². The molecule has 2 amide bonds. The molecule has 0 aliphatic carbocycles. The van der Waals surface area contributed by atoms with Crippen LogP contribution in [0.25, 0.3) is 0 Å². The summed E-state index contributed by atoms with van der Waals surface area (Å²) < 4.78 is 1.71. The van der Waals surface area contributed by atoms with E-state index in [2.05, 4.69) is 24.2 Å². The van der Waals surface area contributed by atoms with E-state index in [9.17, 15) is 9.59 Å². The van der Waals surface area contributed by atoms with Gasteiger partial charge in [0.05, 0.1) is 18.4 Å². The van der Waals surface area contributed by atoms with Crippen LogP contribution in [-0.2, 0) is 22.7 Å². The molecule has 0 saturated heterocycles. The van der Waals surface area contributed by atoms with Crippen LogP contribution in [0.5, 0.6) is 0 Å². The molecular weight excluding hydrogens is 330 g/mol. The summed E-state index contributed by atoms with van der Waals surface area (Å²) in [5.74, 6) is 0.210. The Balaban J connectivity index is 1.69. The van der Waals surface area contributed by atoms with E-state index in [1.54, 1.807) is 27.7 Å². The van der Waals surface area contributed by atoms with Gasteiger partial charge >= 0.3 is 0 Å². The van der Waals surface area contributed by atoms with Gasteiger partial charge in [-0.2, -0.15) is 0 Å². The van der Waals surface area contributed by atoms with Gasteiger partial charge in [0.2, 0.25) is 11.8 Å². The van der Waals surface area contributed by atoms with Gasteiger partial charge in [0.15, 0.2) is 0 Å². The Bertz CT molecular complexity index is 771. The largest absolute Gasteiger partial charge is 0.340 e. The molecule has 0 radical (unpaired) electrons. The number of nitrogens with zero attached hydrogens (tertiary/aromatic N) is 5. The third kappa shape index (κ3) is 3.92. The summed E-state index contributed by atoms with van der Waals surface area (Å²) in [5.41, 5.74) is 1.93. The van der Waals surface area contributed by atoms with Gasteiger partial charge in [-0.15, -0.1) is 5.10 Å². The molecule has 138 valence electrons. The fourth-order valence-corrected chi connectivity index (χ4v) is 3.24. The summed E-state index contributed by atoms with van der Waals surface area (Å²) in [5, 5.41) is 8.01. The highest BCUT2D eigenvalue weighted by molar-refractivity contribution is 5.87. The van der Waals surface area contributed by atoms with Crippen LogP contribution in [0, 0.1) is 5.92 Å². The van der Waals surface area contributed by atoms with Crippen molar-refractivity contribution in [1.82, 2.24) is 24.8 Å². The smallest absolute Gasteiger partial charge is 0.248 e. The first kappa shape index (κ1) is 18.1. The van der Waals surface area contributed by atoms with E-state index in [0.717, 1.165) is 11.3 Å². The van der Waals surface area contributed by atoms with Gasteiger partial charge < -0.3 is 9.80 Å². The lowest BCUT2D eigenvalue weighted by atomic mass is 10.0. The van der Waals surface area contributed by atoms with E-state index in [1.807, 2.05) is 30.3 Å². The monoisotopic (exact) mass is 355 g/mol. The van der Waals surface area contributed by atoms with Crippen molar-refractivity contribution in [1.29, 1.82) is 0 Å². The molecule has 7 heteroatoms. The standard InChI is InChI=1S/C19H25N5O2/c1-14(2)9-17-19(26)23(12-16-10-20-21-24(16)17)13-18(25)22(3)11-15-7-5-4-6-8-15/h4-8,10,14,17H,9,11-13H2,1-3H3/t17-/m0/s1. The summed E-state index contributed by atoms with van der Waals surface area (Å²) in [6, 6.07) is 9.44. The molecule has 26 heavy (non-hydrogen) atoms. The second-order valence-electron chi connectivity index (χ2n) is 7.24. The minimum atomic E-state index is -0.381. The Hall–Kier alpha value is -2.70. The normalized spacial score (nSPS) is 16.7. The molecule has 0 fully saturated rings. The SMILES string of the molecule is CC(C)C[C@H]1C(=O)N(CC(=O)N(C)Cc2ccccc2)Cc2cnnn21. The Morgan fingerprint density at radius 1 is 1.31 bits per heavy atom. The van der Waals surface area contributed by atoms with E-state index < -0.39 is 0 Å². The molecule has 1 aromatic carbocycles. The van der Waals surface area contributed by atoms with E-state index >= 15 is 0 Å². The zero-order valence-corrected chi connectivity index (χ0v) is 15.5. The Kier molecular flexibility index (Phi) is 5.35. The molecule has 0 bridgehead atoms. The molecule has 1 aromatic heterocycles. The van der Waals surface area contributed by atoms with E-state index in [1.165, 1.54) is 0 Å². The van der Waals surface area contributed by atoms with Gasteiger partial charge in [-0.3, -0.25) is 9.59 Å². The number of hydrogen-bond acceptors (Lipinski definition) is 4. The lowest BCUT2D eigenvalue weighted by Crippen LogP contribution is -2.47. The minimum absolute atomic E-state index is 0.0573. The number of hydrogen-bond donors (Lipinski definition) is 0. The van der Waals surface area contributed by atoms with Crippen LogP contribution in [-0.4, -0.2) is 50.2 Å². The van der Waals surface area contributed by atoms with Crippen LogP contribution in [0.4, 0.5) is 0 Å². The summed E-state index contributed by atoms with van der Waals surface area (Å²) in [6.07, 6.45) is 2.35. The first-order valence-electron chi connectivity index (χ1n) is 8.91. The highest BCUT2D eigenvalue weighted by Gasteiger charge is 2.35. The highest BCUT2D eigenvalue weighted by Crippen LogP contribution is 2.26. The summed E-state index contributed by atoms with van der Waals surface area (Å²) in [6.45, 7) is 5.10. The predicted molar refractivity (Wildman–Crippen MR) is 96.8 cm³/mol. The number of aromatic nitrogens is 3. The molecule has 7 nitrogen and oxygen atoms in total. The number of carbonyl (C=O) groups is 2. The van der Waals surface area contributed by atoms with Crippen molar-refractivity contribution >= 4 is 11.8 Å². The van der Waals surface area contributed by atoms with Crippen molar-refractivity contribution in [2.45, 2.75) is 39.4 Å². The number of amides is 2. The molecule has 1 aliphatic rings. The third-order valence-electron chi connectivity index (χ3n) is 4.60. The maximum atomic E-state index is 12.9. The van der Waals surface area contributed by atoms with Crippen LogP contribution in [0.2, 0.25) is 0 Å². The van der Waals surface area contributed by atoms with Crippen molar-refractivity contribution in [2.24, 2.45) is 5.92 Å². The molecule has 1 aliphatic heterocycles. The van der Waals surface area contributed by atoms with Gasteiger partial charge in [-0.1, -0.05) is 49.4 Å². The second-order valence-corrected chi connectivity index (χ2v) is 7.24. The predicted octanol–water partition coefficient (Wildman–Crippen LogP) is 1.87. The van der Waals surface area contributed by atoms with Gasteiger partial charge in [-0.05, 0) is 17.9 Å². The lowest BCUT2D eigenvalue weighted by Gasteiger charge is -2.34. The fraction of sp³-hybridized carbons (Fsp3) is 0.474. The summed E-state index contributed by atoms with van der Waals surface area (Å²) in [7, 11) is 1.77. The first-order chi connectivity index (χ1) is 12.5. The summed E-state index contributed by atoms with van der Waals surface area (Å²) >= 11 is 0. The first-order valence-corrected chi connectivity index (χ1v) is 8.91. The quantitative estimate of drug-likeness (QED) is 0.793. The Labute approximate surface area is 153 Å². The topological polar surface area (TPSA) is 71.3 Å². The molecule has 0 N–H and O–H groups in total. The summed E-state index contributed by atoms with van der Waals surface area (Å²) in [4.78, 5) is 28.8. The molecule has 2 heterocycles. The molecule has 0 spiro atoms. The Morgan fingerprint density at radius 3 is 2.73 bits per heavy atom. The van der Waals surface area contributed by atoms with Crippen LogP contribution in [0.3, 0.4) is 0 Å². The van der Waals surface area contributed by atoms with Crippen LogP contribution >= 0.6 is 0 Å². The second kappa shape index (κ2) is 7.68. The number of likely N-dealkylation sites (N-methyl/N-ethyl adjacent to an activating group) is 1. The van der Waals surface area contributed by atoms with Crippen LogP contribution in [0.15, 0.2) is 36.5 Å². The van der Waals surface area contributed by atoms with Gasteiger partial charge in [-0.25, -0.2) is 4.68 Å². The maximum Gasteiger partial charge on any atom is 0.248 e. The van der Waals surface area contributed by atoms with E-state index in [4.69, 9.17) is 0 Å². The molecule has 3 rings (SSSR count). The Morgan fingerprint density at radius 2 is 2.04 bits per heavy atom. The van der Waals surface area contributed by atoms with Crippen LogP contribution in [0.1, 0.15) is 37.6 Å². The molecule has 1 atom stereocenters. The number of carbonyl (C=O) groups excluding carboxylic acids is 2. The molecular formula is C19H25N5O2. The van der Waals surface area contributed by atoms with E-state index in [0.29, 0.717) is 25.4 Å². The number of benzene rings is 1. The van der Waals surface area contributed by atoms with E-state index in [-0.39, 0.29) is 24.4 Å². The number of rotatable bonds is 6. The number of fused-ring (bicyclic) bond motifs is 1. The van der Waals surface area contributed by atoms with Crippen molar-refractivity contribution in [3.05, 3.63) is 47.8 Å². The average molecular weight is 355 g/mol. The third-order valence-corrected chi connectivity index (χ3v) is 4.60. The molecule has 0 saturated carbocycles. The average Bonchev–Trinajstić information content (AvgIpc) is 3.07. The van der Waals surface area contributed by atoms with Crippen molar-refractivity contribution < 1.29 is 9.59 Å². The molecule has 2 aromatic rings. The zero-order chi connectivity index (χ0) is 18.7.